The Balaban J connectivity index is 2.08. The molecule has 1 heterocycles. The van der Waals surface area contributed by atoms with Gasteiger partial charge < -0.3 is 14.6 Å². The Morgan fingerprint density at radius 1 is 1.58 bits per heavy atom. The first-order valence-electron chi connectivity index (χ1n) is 4.27. The topological polar surface area (TPSA) is 38.7 Å². The average Bonchev–Trinajstić information content (AvgIpc) is 2.40. The highest BCUT2D eigenvalue weighted by Gasteiger charge is 2.43. The number of hydrogen-bond donors (Lipinski definition) is 1. The number of ether oxygens (including phenoxy) is 2. The van der Waals surface area contributed by atoms with Gasteiger partial charge in [0.05, 0.1) is 12.7 Å². The molecule has 1 N–H and O–H groups in total. The minimum absolute atomic E-state index is 0.0575. The number of fused-ring (bicyclic) bond motifs is 1. The van der Waals surface area contributed by atoms with Crippen LogP contribution in [0.15, 0.2) is 11.6 Å². The molecule has 3 heteroatoms. The van der Waals surface area contributed by atoms with Crippen LogP contribution < -0.4 is 0 Å². The van der Waals surface area contributed by atoms with Gasteiger partial charge in [0.25, 0.3) is 0 Å². The van der Waals surface area contributed by atoms with Gasteiger partial charge in [0.2, 0.25) is 0 Å². The molecule has 1 aliphatic carbocycles. The Morgan fingerprint density at radius 3 is 2.92 bits per heavy atom. The lowest BCUT2D eigenvalue weighted by Gasteiger charge is -2.17. The Labute approximate surface area is 72.0 Å². The summed E-state index contributed by atoms with van der Waals surface area (Å²) in [7, 11) is 0. The van der Waals surface area contributed by atoms with Gasteiger partial charge in [-0.1, -0.05) is 6.08 Å². The van der Waals surface area contributed by atoms with Crippen LogP contribution in [0.2, 0.25) is 0 Å². The molecule has 3 nitrogen and oxygen atoms in total. The van der Waals surface area contributed by atoms with E-state index >= 15 is 0 Å². The van der Waals surface area contributed by atoms with Crippen molar-refractivity contribution in [3.8, 4) is 0 Å². The smallest absolute Gasteiger partial charge is 0.164 e. The van der Waals surface area contributed by atoms with Crippen LogP contribution in [0.1, 0.15) is 20.3 Å². The highest BCUT2D eigenvalue weighted by Crippen LogP contribution is 2.36. The molecule has 2 aliphatic rings. The van der Waals surface area contributed by atoms with Crippen LogP contribution in [0.5, 0.6) is 0 Å². The van der Waals surface area contributed by atoms with Crippen LogP contribution in [-0.4, -0.2) is 29.7 Å². The molecule has 0 unspecified atom stereocenters. The normalized spacial score (nSPS) is 38.1. The Kier molecular flexibility index (Phi) is 1.75. The second-order valence-corrected chi connectivity index (χ2v) is 3.83. The molecule has 0 aromatic rings. The highest BCUT2D eigenvalue weighted by molar-refractivity contribution is 5.18. The van der Waals surface area contributed by atoms with E-state index in [1.54, 1.807) is 0 Å². The summed E-state index contributed by atoms with van der Waals surface area (Å²) in [6.07, 6.45) is 2.97. The molecule has 1 saturated heterocycles. The second-order valence-electron chi connectivity index (χ2n) is 3.83. The van der Waals surface area contributed by atoms with Gasteiger partial charge in [0.15, 0.2) is 5.79 Å². The summed E-state index contributed by atoms with van der Waals surface area (Å²) in [5.74, 6) is -0.452. The molecule has 0 radical (unpaired) electrons. The summed E-state index contributed by atoms with van der Waals surface area (Å²) in [6, 6.07) is 0. The number of aliphatic hydroxyl groups is 1. The molecule has 0 amide bonds. The molecule has 0 bridgehead atoms. The van der Waals surface area contributed by atoms with Gasteiger partial charge in [-0.15, -0.1) is 0 Å². The summed E-state index contributed by atoms with van der Waals surface area (Å²) < 4.78 is 11.2. The Bertz CT molecular complexity index is 220. The van der Waals surface area contributed by atoms with Gasteiger partial charge in [-0.3, -0.25) is 0 Å². The lowest BCUT2D eigenvalue weighted by molar-refractivity contribution is -0.144. The van der Waals surface area contributed by atoms with Crippen molar-refractivity contribution in [2.24, 2.45) is 0 Å². The molecule has 1 aliphatic heterocycles. The maximum atomic E-state index is 8.87. The minimum Gasteiger partial charge on any atom is -0.392 e. The van der Waals surface area contributed by atoms with E-state index in [-0.39, 0.29) is 18.8 Å². The van der Waals surface area contributed by atoms with Crippen molar-refractivity contribution in [3.05, 3.63) is 11.6 Å². The van der Waals surface area contributed by atoms with Crippen molar-refractivity contribution in [1.29, 1.82) is 0 Å². The molecule has 0 spiro atoms. The summed E-state index contributed by atoms with van der Waals surface area (Å²) in [6.45, 7) is 3.95. The van der Waals surface area contributed by atoms with E-state index in [4.69, 9.17) is 14.6 Å². The number of rotatable bonds is 1. The molecular weight excluding hydrogens is 156 g/mol. The van der Waals surface area contributed by atoms with Crippen LogP contribution >= 0.6 is 0 Å². The molecule has 2 atom stereocenters. The van der Waals surface area contributed by atoms with Crippen molar-refractivity contribution < 1.29 is 14.6 Å². The fraction of sp³-hybridized carbons (Fsp3) is 0.778. The summed E-state index contributed by atoms with van der Waals surface area (Å²) >= 11 is 0. The molecule has 12 heavy (non-hydrogen) atoms. The third-order valence-corrected chi connectivity index (χ3v) is 2.29. The van der Waals surface area contributed by atoms with E-state index in [2.05, 4.69) is 0 Å². The molecule has 0 saturated carbocycles. The maximum Gasteiger partial charge on any atom is 0.164 e. The van der Waals surface area contributed by atoms with Gasteiger partial charge in [-0.2, -0.15) is 0 Å². The fourth-order valence-electron chi connectivity index (χ4n) is 1.84. The van der Waals surface area contributed by atoms with Crippen LogP contribution in [0.4, 0.5) is 0 Å². The van der Waals surface area contributed by atoms with Gasteiger partial charge in [0, 0.05) is 0 Å². The fourth-order valence-corrected chi connectivity index (χ4v) is 1.84. The lowest BCUT2D eigenvalue weighted by Crippen LogP contribution is -2.21. The molecule has 0 aromatic heterocycles. The molecule has 2 rings (SSSR count). The van der Waals surface area contributed by atoms with E-state index in [1.807, 2.05) is 19.9 Å². The Morgan fingerprint density at radius 2 is 2.33 bits per heavy atom. The minimum atomic E-state index is -0.452. The van der Waals surface area contributed by atoms with Crippen molar-refractivity contribution in [1.82, 2.24) is 0 Å². The summed E-state index contributed by atoms with van der Waals surface area (Å²) in [5, 5.41) is 8.87. The zero-order valence-corrected chi connectivity index (χ0v) is 7.41. The summed E-state index contributed by atoms with van der Waals surface area (Å²) in [5.41, 5.74) is 1.03. The largest absolute Gasteiger partial charge is 0.392 e. The van der Waals surface area contributed by atoms with E-state index in [0.717, 1.165) is 12.0 Å². The van der Waals surface area contributed by atoms with Gasteiger partial charge >= 0.3 is 0 Å². The van der Waals surface area contributed by atoms with Crippen molar-refractivity contribution in [3.63, 3.8) is 0 Å². The third kappa shape index (κ3) is 1.28. The van der Waals surface area contributed by atoms with E-state index in [1.165, 1.54) is 0 Å². The average molecular weight is 170 g/mol. The van der Waals surface area contributed by atoms with Crippen LogP contribution in [0.25, 0.3) is 0 Å². The third-order valence-electron chi connectivity index (χ3n) is 2.29. The van der Waals surface area contributed by atoms with Crippen molar-refractivity contribution >= 4 is 0 Å². The molecule has 68 valence electrons. The SMILES string of the molecule is CC1(C)O[C@H]2CC(CO)=C[C@H]2O1. The van der Waals surface area contributed by atoms with E-state index in [0.29, 0.717) is 0 Å². The van der Waals surface area contributed by atoms with Crippen LogP contribution in [-0.2, 0) is 9.47 Å². The second kappa shape index (κ2) is 2.55. The lowest BCUT2D eigenvalue weighted by atomic mass is 10.2. The highest BCUT2D eigenvalue weighted by atomic mass is 16.7. The first kappa shape index (κ1) is 8.23. The van der Waals surface area contributed by atoms with E-state index in [9.17, 15) is 0 Å². The van der Waals surface area contributed by atoms with E-state index < -0.39 is 5.79 Å². The predicted molar refractivity (Wildman–Crippen MR) is 43.6 cm³/mol. The zero-order chi connectivity index (χ0) is 8.77. The van der Waals surface area contributed by atoms with Crippen molar-refractivity contribution in [2.45, 2.75) is 38.3 Å². The number of hydrogen-bond acceptors (Lipinski definition) is 3. The van der Waals surface area contributed by atoms with Crippen LogP contribution in [0, 0.1) is 0 Å². The molecular formula is C9H14O3. The van der Waals surface area contributed by atoms with Gasteiger partial charge in [0.1, 0.15) is 6.10 Å². The van der Waals surface area contributed by atoms with Crippen molar-refractivity contribution in [2.75, 3.05) is 6.61 Å². The number of aliphatic hydroxyl groups excluding tert-OH is 1. The van der Waals surface area contributed by atoms with Gasteiger partial charge in [-0.05, 0) is 25.8 Å². The van der Waals surface area contributed by atoms with Gasteiger partial charge in [-0.25, -0.2) is 0 Å². The first-order chi connectivity index (χ1) is 5.61. The Hall–Kier alpha value is -0.380. The summed E-state index contributed by atoms with van der Waals surface area (Å²) in [4.78, 5) is 0. The molecule has 0 aromatic carbocycles. The predicted octanol–water partition coefficient (Wildman–Crippen LogP) is 0.829. The first-order valence-corrected chi connectivity index (χ1v) is 4.27. The standard InChI is InChI=1S/C9H14O3/c1-9(2)11-7-3-6(5-10)4-8(7)12-9/h3,7-8,10H,4-5H2,1-2H3/t7-,8+/m1/s1. The monoisotopic (exact) mass is 170 g/mol. The maximum absolute atomic E-state index is 8.87. The zero-order valence-electron chi connectivity index (χ0n) is 7.41. The quantitative estimate of drug-likeness (QED) is 0.592. The molecule has 1 fully saturated rings. The van der Waals surface area contributed by atoms with Crippen LogP contribution in [0.3, 0.4) is 0 Å².